The van der Waals surface area contributed by atoms with Gasteiger partial charge in [0.05, 0.1) is 6.04 Å². The maximum Gasteiger partial charge on any atom is 0.0711 e. The number of nitrogens with one attached hydrogen (secondary N) is 1. The lowest BCUT2D eigenvalue weighted by Gasteiger charge is -2.18. The van der Waals surface area contributed by atoms with Crippen molar-refractivity contribution in [2.45, 2.75) is 13.0 Å². The van der Waals surface area contributed by atoms with Gasteiger partial charge in [-0.15, -0.1) is 0 Å². The number of nitrogens with two attached hydrogens (primary N) is 1. The van der Waals surface area contributed by atoms with Gasteiger partial charge in [0, 0.05) is 9.50 Å². The molecule has 0 fully saturated rings. The Labute approximate surface area is 120 Å². The van der Waals surface area contributed by atoms with Crippen LogP contribution in [0.15, 0.2) is 46.9 Å². The van der Waals surface area contributed by atoms with Gasteiger partial charge in [0.25, 0.3) is 0 Å². The molecule has 1 unspecified atom stereocenters. The van der Waals surface area contributed by atoms with Crippen LogP contribution in [0.25, 0.3) is 0 Å². The van der Waals surface area contributed by atoms with Crippen LogP contribution >= 0.6 is 27.5 Å². The summed E-state index contributed by atoms with van der Waals surface area (Å²) in [5.41, 5.74) is 6.19. The van der Waals surface area contributed by atoms with Crippen molar-refractivity contribution in [1.29, 1.82) is 0 Å². The molecule has 0 saturated carbocycles. The Kier molecular flexibility index (Phi) is 4.40. The Balaban J connectivity index is 2.45. The molecule has 0 heterocycles. The second-order valence-corrected chi connectivity index (χ2v) is 5.57. The van der Waals surface area contributed by atoms with Crippen molar-refractivity contribution in [2.24, 2.45) is 5.84 Å². The van der Waals surface area contributed by atoms with Crippen LogP contribution in [-0.2, 0) is 0 Å². The second-order valence-electron chi connectivity index (χ2n) is 4.22. The summed E-state index contributed by atoms with van der Waals surface area (Å²) in [4.78, 5) is 0. The zero-order valence-corrected chi connectivity index (χ0v) is 12.3. The fraction of sp³-hybridized carbons (Fsp3) is 0.143. The van der Waals surface area contributed by atoms with Gasteiger partial charge in [-0.1, -0.05) is 57.4 Å². The molecule has 0 aliphatic rings. The molecular weight excluding hydrogens is 312 g/mol. The summed E-state index contributed by atoms with van der Waals surface area (Å²) in [7, 11) is 0. The first-order valence-corrected chi connectivity index (χ1v) is 6.76. The third-order valence-electron chi connectivity index (χ3n) is 2.76. The van der Waals surface area contributed by atoms with Crippen LogP contribution < -0.4 is 11.3 Å². The monoisotopic (exact) mass is 324 g/mol. The maximum atomic E-state index is 6.07. The molecule has 0 amide bonds. The molecular formula is C14H14BrClN2. The molecule has 94 valence electrons. The maximum absolute atomic E-state index is 6.07. The molecule has 3 N–H and O–H groups in total. The highest BCUT2D eigenvalue weighted by Crippen LogP contribution is 2.27. The molecule has 0 radical (unpaired) electrons. The lowest BCUT2D eigenvalue weighted by atomic mass is 9.98. The van der Waals surface area contributed by atoms with Gasteiger partial charge in [0.2, 0.25) is 0 Å². The highest BCUT2D eigenvalue weighted by Gasteiger charge is 2.13. The average Bonchev–Trinajstić information content (AvgIpc) is 2.28. The third kappa shape index (κ3) is 3.12. The minimum atomic E-state index is -0.0695. The van der Waals surface area contributed by atoms with Gasteiger partial charge < -0.3 is 0 Å². The van der Waals surface area contributed by atoms with Crippen LogP contribution in [0.2, 0.25) is 5.02 Å². The van der Waals surface area contributed by atoms with Gasteiger partial charge in [-0.3, -0.25) is 5.84 Å². The fourth-order valence-electron chi connectivity index (χ4n) is 1.98. The summed E-state index contributed by atoms with van der Waals surface area (Å²) in [5.74, 6) is 5.68. The standard InChI is InChI=1S/C14H14BrClN2/c1-9-3-2-4-10(5-9)14(18-17)11-6-12(15)8-13(16)7-11/h2-8,14,18H,17H2,1H3. The number of halogens is 2. The highest BCUT2D eigenvalue weighted by molar-refractivity contribution is 9.10. The van der Waals surface area contributed by atoms with Crippen molar-refractivity contribution < 1.29 is 0 Å². The zero-order chi connectivity index (χ0) is 13.1. The molecule has 2 rings (SSSR count). The minimum absolute atomic E-state index is 0.0695. The number of hydrogen-bond donors (Lipinski definition) is 2. The quantitative estimate of drug-likeness (QED) is 0.662. The van der Waals surface area contributed by atoms with Gasteiger partial charge in [0.1, 0.15) is 0 Å². The molecule has 0 aromatic heterocycles. The first kappa shape index (κ1) is 13.6. The van der Waals surface area contributed by atoms with E-state index in [0.29, 0.717) is 5.02 Å². The number of rotatable bonds is 3. The van der Waals surface area contributed by atoms with Gasteiger partial charge in [-0.25, -0.2) is 5.43 Å². The van der Waals surface area contributed by atoms with E-state index in [-0.39, 0.29) is 6.04 Å². The molecule has 2 aromatic carbocycles. The molecule has 18 heavy (non-hydrogen) atoms. The largest absolute Gasteiger partial charge is 0.271 e. The number of hydrazine groups is 1. The topological polar surface area (TPSA) is 38.0 Å². The molecule has 2 nitrogen and oxygen atoms in total. The summed E-state index contributed by atoms with van der Waals surface area (Å²) in [6.45, 7) is 2.06. The summed E-state index contributed by atoms with van der Waals surface area (Å²) in [6.07, 6.45) is 0. The van der Waals surface area contributed by atoms with Crippen LogP contribution in [0.1, 0.15) is 22.7 Å². The Morgan fingerprint density at radius 3 is 2.56 bits per heavy atom. The highest BCUT2D eigenvalue weighted by atomic mass is 79.9. The molecule has 2 aromatic rings. The van der Waals surface area contributed by atoms with E-state index in [1.165, 1.54) is 5.56 Å². The molecule has 1 atom stereocenters. The van der Waals surface area contributed by atoms with Gasteiger partial charge in [0.15, 0.2) is 0 Å². The second kappa shape index (κ2) is 5.85. The summed E-state index contributed by atoms with van der Waals surface area (Å²) in [6, 6.07) is 14.0. The Bertz CT molecular complexity index is 537. The predicted molar refractivity (Wildman–Crippen MR) is 79.5 cm³/mol. The SMILES string of the molecule is Cc1cccc(C(NN)c2cc(Cl)cc(Br)c2)c1. The normalized spacial score (nSPS) is 12.4. The van der Waals surface area contributed by atoms with Crippen molar-refractivity contribution in [1.82, 2.24) is 5.43 Å². The van der Waals surface area contributed by atoms with E-state index in [4.69, 9.17) is 17.4 Å². The number of aryl methyl sites for hydroxylation is 1. The smallest absolute Gasteiger partial charge is 0.0711 e. The molecule has 4 heteroatoms. The minimum Gasteiger partial charge on any atom is -0.271 e. The molecule has 0 aliphatic carbocycles. The molecule has 0 bridgehead atoms. The summed E-state index contributed by atoms with van der Waals surface area (Å²) in [5, 5.41) is 0.687. The van der Waals surface area contributed by atoms with Crippen molar-refractivity contribution in [3.8, 4) is 0 Å². The van der Waals surface area contributed by atoms with Gasteiger partial charge >= 0.3 is 0 Å². The van der Waals surface area contributed by atoms with E-state index in [1.807, 2.05) is 30.3 Å². The number of benzene rings is 2. The van der Waals surface area contributed by atoms with Crippen LogP contribution in [0.5, 0.6) is 0 Å². The first-order valence-electron chi connectivity index (χ1n) is 5.59. The zero-order valence-electron chi connectivity index (χ0n) is 9.95. The Hall–Kier alpha value is -0.870. The van der Waals surface area contributed by atoms with Crippen molar-refractivity contribution in [3.63, 3.8) is 0 Å². The third-order valence-corrected chi connectivity index (χ3v) is 3.44. The molecule has 0 spiro atoms. The fourth-order valence-corrected chi connectivity index (χ4v) is 2.86. The van der Waals surface area contributed by atoms with E-state index in [2.05, 4.69) is 40.4 Å². The van der Waals surface area contributed by atoms with E-state index in [9.17, 15) is 0 Å². The van der Waals surface area contributed by atoms with E-state index in [0.717, 1.165) is 15.6 Å². The van der Waals surface area contributed by atoms with Crippen molar-refractivity contribution >= 4 is 27.5 Å². The van der Waals surface area contributed by atoms with E-state index < -0.39 is 0 Å². The van der Waals surface area contributed by atoms with E-state index >= 15 is 0 Å². The average molecular weight is 326 g/mol. The van der Waals surface area contributed by atoms with Gasteiger partial charge in [-0.05, 0) is 36.2 Å². The Morgan fingerprint density at radius 2 is 1.94 bits per heavy atom. The lowest BCUT2D eigenvalue weighted by Crippen LogP contribution is -2.28. The van der Waals surface area contributed by atoms with Crippen LogP contribution in [0, 0.1) is 6.92 Å². The summed E-state index contributed by atoms with van der Waals surface area (Å²) < 4.78 is 0.943. The van der Waals surface area contributed by atoms with Crippen molar-refractivity contribution in [3.05, 3.63) is 68.7 Å². The number of hydrogen-bond acceptors (Lipinski definition) is 2. The van der Waals surface area contributed by atoms with Crippen LogP contribution in [0.3, 0.4) is 0 Å². The first-order chi connectivity index (χ1) is 8.60. The van der Waals surface area contributed by atoms with Crippen molar-refractivity contribution in [2.75, 3.05) is 0 Å². The van der Waals surface area contributed by atoms with Crippen LogP contribution in [0.4, 0.5) is 0 Å². The molecule has 0 saturated heterocycles. The van der Waals surface area contributed by atoms with Gasteiger partial charge in [-0.2, -0.15) is 0 Å². The van der Waals surface area contributed by atoms with Crippen LogP contribution in [-0.4, -0.2) is 0 Å². The molecule has 0 aliphatic heterocycles. The predicted octanol–water partition coefficient (Wildman–Crippen LogP) is 3.96. The Morgan fingerprint density at radius 1 is 1.17 bits per heavy atom. The lowest BCUT2D eigenvalue weighted by molar-refractivity contribution is 0.636. The van der Waals surface area contributed by atoms with E-state index in [1.54, 1.807) is 0 Å². The summed E-state index contributed by atoms with van der Waals surface area (Å²) >= 11 is 9.52.